The maximum Gasteiger partial charge on any atom is 0.0481 e. The largest absolute Gasteiger partial charge is 0.327 e. The zero-order valence-corrected chi connectivity index (χ0v) is 13.6. The van der Waals surface area contributed by atoms with Gasteiger partial charge in [0, 0.05) is 23.9 Å². The van der Waals surface area contributed by atoms with E-state index in [9.17, 15) is 0 Å². The van der Waals surface area contributed by atoms with Crippen molar-refractivity contribution in [3.63, 3.8) is 0 Å². The molecule has 0 aromatic carbocycles. The average molecular weight is 286 g/mol. The lowest BCUT2D eigenvalue weighted by Gasteiger charge is -2.38. The topological polar surface area (TPSA) is 38.9 Å². The number of fused-ring (bicyclic) bond motifs is 1. The van der Waals surface area contributed by atoms with Gasteiger partial charge in [-0.15, -0.1) is 0 Å². The zero-order valence-electron chi connectivity index (χ0n) is 13.6. The number of rotatable bonds is 3. The van der Waals surface area contributed by atoms with Crippen LogP contribution in [-0.4, -0.2) is 11.0 Å². The van der Waals surface area contributed by atoms with Crippen molar-refractivity contribution in [3.05, 3.63) is 29.6 Å². The first-order valence-corrected chi connectivity index (χ1v) is 8.86. The first-order valence-electron chi connectivity index (χ1n) is 8.86. The third kappa shape index (κ3) is 3.15. The van der Waals surface area contributed by atoms with Crippen LogP contribution in [0, 0.1) is 17.8 Å². The van der Waals surface area contributed by atoms with Crippen molar-refractivity contribution >= 4 is 0 Å². The summed E-state index contributed by atoms with van der Waals surface area (Å²) in [5, 5.41) is 0. The molecule has 0 radical (unpaired) electrons. The van der Waals surface area contributed by atoms with Crippen LogP contribution < -0.4 is 5.73 Å². The second-order valence-electron chi connectivity index (χ2n) is 7.54. The van der Waals surface area contributed by atoms with Crippen LogP contribution in [-0.2, 0) is 6.42 Å². The van der Waals surface area contributed by atoms with Crippen LogP contribution in [0.25, 0.3) is 0 Å². The molecule has 1 saturated carbocycles. The molecule has 2 N–H and O–H groups in total. The summed E-state index contributed by atoms with van der Waals surface area (Å²) in [6.07, 6.45) is 11.0. The highest BCUT2D eigenvalue weighted by molar-refractivity contribution is 5.27. The molecule has 2 nitrogen and oxygen atoms in total. The number of hydrogen-bond acceptors (Lipinski definition) is 2. The van der Waals surface area contributed by atoms with Crippen molar-refractivity contribution in [3.8, 4) is 0 Å². The fraction of sp³-hybridized carbons (Fsp3) is 0.737. The molecule has 0 bridgehead atoms. The third-order valence-corrected chi connectivity index (χ3v) is 6.01. The maximum absolute atomic E-state index is 6.72. The minimum Gasteiger partial charge on any atom is -0.327 e. The summed E-state index contributed by atoms with van der Waals surface area (Å²) < 4.78 is 0. The normalized spacial score (nSPS) is 31.0. The molecule has 1 fully saturated rings. The van der Waals surface area contributed by atoms with Gasteiger partial charge in [0.05, 0.1) is 0 Å². The zero-order chi connectivity index (χ0) is 14.8. The van der Waals surface area contributed by atoms with Crippen LogP contribution in [0.1, 0.15) is 69.5 Å². The monoisotopic (exact) mass is 286 g/mol. The highest BCUT2D eigenvalue weighted by Gasteiger charge is 2.34. The summed E-state index contributed by atoms with van der Waals surface area (Å²) in [4.78, 5) is 4.68. The maximum atomic E-state index is 6.72. The van der Waals surface area contributed by atoms with E-state index in [-0.39, 0.29) is 0 Å². The van der Waals surface area contributed by atoms with Crippen LogP contribution in [0.4, 0.5) is 0 Å². The van der Waals surface area contributed by atoms with Crippen molar-refractivity contribution in [1.29, 1.82) is 0 Å². The Labute approximate surface area is 129 Å². The molecule has 3 rings (SSSR count). The molecular weight excluding hydrogens is 256 g/mol. The highest BCUT2D eigenvalue weighted by Crippen LogP contribution is 2.40. The van der Waals surface area contributed by atoms with Crippen molar-refractivity contribution < 1.29 is 0 Å². The number of hydrogen-bond donors (Lipinski definition) is 1. The minimum atomic E-state index is 0.312. The average Bonchev–Trinajstić information content (AvgIpc) is 2.53. The molecule has 2 atom stereocenters. The van der Waals surface area contributed by atoms with Gasteiger partial charge in [-0.05, 0) is 74.3 Å². The SMILES string of the molecule is CC(C)C1CCC(C(N)C2CCCc3cccnc32)CC1. The van der Waals surface area contributed by atoms with Crippen LogP contribution >= 0.6 is 0 Å². The lowest BCUT2D eigenvalue weighted by atomic mass is 9.70. The molecule has 1 aromatic rings. The molecular formula is C19H30N2. The predicted octanol–water partition coefficient (Wildman–Crippen LogP) is 4.29. The summed E-state index contributed by atoms with van der Waals surface area (Å²) in [7, 11) is 0. The van der Waals surface area contributed by atoms with Gasteiger partial charge in [-0.1, -0.05) is 19.9 Å². The summed E-state index contributed by atoms with van der Waals surface area (Å²) in [6.45, 7) is 4.73. The van der Waals surface area contributed by atoms with Crippen LogP contribution in [0.3, 0.4) is 0 Å². The first kappa shape index (κ1) is 15.0. The van der Waals surface area contributed by atoms with Gasteiger partial charge >= 0.3 is 0 Å². The smallest absolute Gasteiger partial charge is 0.0481 e. The molecule has 0 amide bonds. The van der Waals surface area contributed by atoms with E-state index in [1.807, 2.05) is 6.20 Å². The fourth-order valence-electron chi connectivity index (χ4n) is 4.55. The van der Waals surface area contributed by atoms with E-state index in [1.54, 1.807) is 0 Å². The quantitative estimate of drug-likeness (QED) is 0.900. The van der Waals surface area contributed by atoms with Crippen molar-refractivity contribution in [1.82, 2.24) is 4.98 Å². The Morgan fingerprint density at radius 2 is 1.81 bits per heavy atom. The van der Waals surface area contributed by atoms with E-state index >= 15 is 0 Å². The van der Waals surface area contributed by atoms with Gasteiger partial charge in [0.25, 0.3) is 0 Å². The van der Waals surface area contributed by atoms with Gasteiger partial charge in [-0.25, -0.2) is 0 Å². The van der Waals surface area contributed by atoms with E-state index < -0.39 is 0 Å². The molecule has 1 aromatic heterocycles. The minimum absolute atomic E-state index is 0.312. The predicted molar refractivity (Wildman–Crippen MR) is 88.2 cm³/mol. The molecule has 1 heterocycles. The lowest BCUT2D eigenvalue weighted by Crippen LogP contribution is -2.40. The van der Waals surface area contributed by atoms with E-state index in [2.05, 4.69) is 31.0 Å². The Balaban J connectivity index is 1.68. The summed E-state index contributed by atoms with van der Waals surface area (Å²) >= 11 is 0. The van der Waals surface area contributed by atoms with Crippen molar-refractivity contribution in [2.75, 3.05) is 0 Å². The van der Waals surface area contributed by atoms with E-state index in [0.717, 1.165) is 11.8 Å². The molecule has 116 valence electrons. The summed E-state index contributed by atoms with van der Waals surface area (Å²) in [5.74, 6) is 2.96. The van der Waals surface area contributed by atoms with Crippen LogP contribution in [0.15, 0.2) is 18.3 Å². The van der Waals surface area contributed by atoms with E-state index in [1.165, 1.54) is 56.2 Å². The number of aromatic nitrogens is 1. The Kier molecular flexibility index (Phi) is 4.63. The molecule has 21 heavy (non-hydrogen) atoms. The lowest BCUT2D eigenvalue weighted by molar-refractivity contribution is 0.187. The number of aryl methyl sites for hydroxylation is 1. The van der Waals surface area contributed by atoms with Gasteiger partial charge in [0.2, 0.25) is 0 Å². The van der Waals surface area contributed by atoms with Crippen LogP contribution in [0.2, 0.25) is 0 Å². The Morgan fingerprint density at radius 3 is 2.52 bits per heavy atom. The third-order valence-electron chi connectivity index (χ3n) is 6.01. The second kappa shape index (κ2) is 6.48. The fourth-order valence-corrected chi connectivity index (χ4v) is 4.55. The van der Waals surface area contributed by atoms with Crippen LogP contribution in [0.5, 0.6) is 0 Å². The molecule has 2 unspecified atom stereocenters. The van der Waals surface area contributed by atoms with Gasteiger partial charge in [0.15, 0.2) is 0 Å². The molecule has 2 aliphatic rings. The van der Waals surface area contributed by atoms with E-state index in [4.69, 9.17) is 5.73 Å². The van der Waals surface area contributed by atoms with E-state index in [0.29, 0.717) is 17.9 Å². The number of nitrogens with two attached hydrogens (primary N) is 1. The van der Waals surface area contributed by atoms with Gasteiger partial charge < -0.3 is 5.73 Å². The number of pyridine rings is 1. The molecule has 0 spiro atoms. The summed E-state index contributed by atoms with van der Waals surface area (Å²) in [5.41, 5.74) is 9.47. The van der Waals surface area contributed by atoms with Crippen molar-refractivity contribution in [2.24, 2.45) is 23.5 Å². The summed E-state index contributed by atoms with van der Waals surface area (Å²) in [6, 6.07) is 4.63. The van der Waals surface area contributed by atoms with Gasteiger partial charge in [-0.3, -0.25) is 4.98 Å². The highest BCUT2D eigenvalue weighted by atomic mass is 14.8. The molecule has 0 saturated heterocycles. The second-order valence-corrected chi connectivity index (χ2v) is 7.54. The standard InChI is InChI=1S/C19H30N2/c1-13(2)14-8-10-15(11-9-14)18(20)17-7-3-5-16-6-4-12-21-19(16)17/h4,6,12-15,17-18H,3,5,7-11,20H2,1-2H3. The van der Waals surface area contributed by atoms with Gasteiger partial charge in [-0.2, -0.15) is 0 Å². The van der Waals surface area contributed by atoms with Gasteiger partial charge in [0.1, 0.15) is 0 Å². The molecule has 2 aliphatic carbocycles. The first-order chi connectivity index (χ1) is 10.2. The number of nitrogens with zero attached hydrogens (tertiary/aromatic N) is 1. The van der Waals surface area contributed by atoms with Crippen molar-refractivity contribution in [2.45, 2.75) is 70.8 Å². The Hall–Kier alpha value is -0.890. The molecule has 2 heteroatoms. The Morgan fingerprint density at radius 1 is 1.10 bits per heavy atom. The Bertz CT molecular complexity index is 460. The molecule has 0 aliphatic heterocycles.